The number of alkyl halides is 3. The number of H-pyrrole nitrogens is 1. The number of ether oxygens (including phenoxy) is 1. The second kappa shape index (κ2) is 11.4. The number of carbonyl (C=O) groups is 1. The third-order valence-corrected chi connectivity index (χ3v) is 6.39. The number of hydrogen-bond acceptors (Lipinski definition) is 5. The van der Waals surface area contributed by atoms with Crippen molar-refractivity contribution in [2.45, 2.75) is 17.1 Å². The molecule has 0 aliphatic rings. The lowest BCUT2D eigenvalue weighted by molar-refractivity contribution is -0.140. The molecule has 4 aromatic rings. The minimum Gasteiger partial charge on any atom is -0.497 e. The normalized spacial score (nSPS) is 11.1. The average Bonchev–Trinajstić information content (AvgIpc) is 2.92. The van der Waals surface area contributed by atoms with Gasteiger partial charge in [-0.2, -0.15) is 13.2 Å². The molecule has 0 atom stereocenters. The van der Waals surface area contributed by atoms with Crippen LogP contribution < -0.4 is 15.6 Å². The molecule has 0 unspecified atom stereocenters. The van der Waals surface area contributed by atoms with Crippen molar-refractivity contribution in [1.29, 1.82) is 0 Å². The zero-order valence-electron chi connectivity index (χ0n) is 20.1. The molecule has 3 aromatic carbocycles. The van der Waals surface area contributed by atoms with Crippen LogP contribution in [0.4, 0.5) is 28.9 Å². The summed E-state index contributed by atoms with van der Waals surface area (Å²) in [6.45, 7) is 7.38. The Morgan fingerprint density at radius 1 is 1.13 bits per heavy atom. The number of anilines is 1. The summed E-state index contributed by atoms with van der Waals surface area (Å²) in [4.78, 5) is 35.3. The SMILES string of the molecule is [C-]#[N+]c1c(-c2cccc(OC)c2)nc(SCc2ccc(NC(=O)c3ccc(F)c(C(F)(F)F)c3)cc2)[nH]c1=O. The highest BCUT2D eigenvalue weighted by Gasteiger charge is 2.34. The Morgan fingerprint density at radius 2 is 1.87 bits per heavy atom. The monoisotopic (exact) mass is 554 g/mol. The highest BCUT2D eigenvalue weighted by atomic mass is 32.2. The fourth-order valence-electron chi connectivity index (χ4n) is 3.51. The number of carbonyl (C=O) groups excluding carboxylic acids is 1. The first-order valence-electron chi connectivity index (χ1n) is 11.1. The zero-order chi connectivity index (χ0) is 28.2. The van der Waals surface area contributed by atoms with E-state index in [2.05, 4.69) is 20.1 Å². The fourth-order valence-corrected chi connectivity index (χ4v) is 4.33. The van der Waals surface area contributed by atoms with E-state index in [1.54, 1.807) is 48.5 Å². The first-order chi connectivity index (χ1) is 18.6. The number of hydrogen-bond donors (Lipinski definition) is 2. The van der Waals surface area contributed by atoms with Gasteiger partial charge in [-0.3, -0.25) is 9.59 Å². The van der Waals surface area contributed by atoms with Crippen molar-refractivity contribution >= 4 is 29.0 Å². The standard InChI is InChI=1S/C27H18F4N4O3S/c1-32-23-22(16-4-3-5-19(12-16)38-2)34-26(35-25(23)37)39-14-15-6-9-18(10-7-15)33-24(36)17-8-11-21(28)20(13-17)27(29,30)31/h3-13H,14H2,2H3,(H,33,36)(H,34,35,37). The summed E-state index contributed by atoms with van der Waals surface area (Å²) < 4.78 is 57.5. The van der Waals surface area contributed by atoms with Crippen LogP contribution in [-0.4, -0.2) is 23.0 Å². The smallest absolute Gasteiger partial charge is 0.419 e. The largest absolute Gasteiger partial charge is 0.497 e. The van der Waals surface area contributed by atoms with E-state index >= 15 is 0 Å². The molecule has 1 aromatic heterocycles. The van der Waals surface area contributed by atoms with E-state index in [0.717, 1.165) is 11.6 Å². The van der Waals surface area contributed by atoms with Crippen molar-refractivity contribution in [1.82, 2.24) is 9.97 Å². The van der Waals surface area contributed by atoms with E-state index < -0.39 is 29.0 Å². The van der Waals surface area contributed by atoms with Gasteiger partial charge in [0.15, 0.2) is 5.16 Å². The number of aromatic amines is 1. The Hall–Kier alpha value is -4.63. The number of thioether (sulfide) groups is 1. The number of benzene rings is 3. The Bertz CT molecular complexity index is 1630. The molecule has 0 spiro atoms. The summed E-state index contributed by atoms with van der Waals surface area (Å²) in [5.74, 6) is -1.36. The summed E-state index contributed by atoms with van der Waals surface area (Å²) in [7, 11) is 1.50. The lowest BCUT2D eigenvalue weighted by Crippen LogP contribution is -2.15. The third-order valence-electron chi connectivity index (χ3n) is 5.45. The summed E-state index contributed by atoms with van der Waals surface area (Å²) in [6.07, 6.45) is -4.93. The summed E-state index contributed by atoms with van der Waals surface area (Å²) in [5, 5.41) is 2.77. The third kappa shape index (κ3) is 6.45. The van der Waals surface area contributed by atoms with Crippen LogP contribution in [0, 0.1) is 12.4 Å². The lowest BCUT2D eigenvalue weighted by Gasteiger charge is -2.11. The maximum absolute atomic E-state index is 13.5. The number of nitrogens with one attached hydrogen (secondary N) is 2. The molecule has 12 heteroatoms. The summed E-state index contributed by atoms with van der Waals surface area (Å²) >= 11 is 1.22. The maximum Gasteiger partial charge on any atom is 0.419 e. The average molecular weight is 555 g/mol. The molecule has 1 amide bonds. The van der Waals surface area contributed by atoms with Crippen molar-refractivity contribution in [3.63, 3.8) is 0 Å². The maximum atomic E-state index is 13.5. The van der Waals surface area contributed by atoms with Crippen LogP contribution in [0.2, 0.25) is 0 Å². The van der Waals surface area contributed by atoms with Crippen LogP contribution in [0.5, 0.6) is 5.75 Å². The minimum atomic E-state index is -4.93. The zero-order valence-corrected chi connectivity index (χ0v) is 20.9. The van der Waals surface area contributed by atoms with E-state index in [0.29, 0.717) is 40.0 Å². The quantitative estimate of drug-likeness (QED) is 0.115. The number of methoxy groups -OCH3 is 1. The predicted molar refractivity (Wildman–Crippen MR) is 138 cm³/mol. The van der Waals surface area contributed by atoms with Crippen molar-refractivity contribution in [2.24, 2.45) is 0 Å². The van der Waals surface area contributed by atoms with Gasteiger partial charge in [-0.15, -0.1) is 0 Å². The Balaban J connectivity index is 1.46. The molecule has 2 N–H and O–H groups in total. The fraction of sp³-hybridized carbons (Fsp3) is 0.111. The Morgan fingerprint density at radius 3 is 2.54 bits per heavy atom. The van der Waals surface area contributed by atoms with Gasteiger partial charge in [0.05, 0.1) is 24.9 Å². The Labute approximate surface area is 223 Å². The van der Waals surface area contributed by atoms with Crippen LogP contribution in [0.3, 0.4) is 0 Å². The molecular weight excluding hydrogens is 536 g/mol. The molecule has 4 rings (SSSR count). The first kappa shape index (κ1) is 27.4. The van der Waals surface area contributed by atoms with Crippen LogP contribution in [0.15, 0.2) is 76.7 Å². The van der Waals surface area contributed by atoms with E-state index in [-0.39, 0.29) is 16.9 Å². The number of halogens is 4. The molecule has 0 aliphatic carbocycles. The van der Waals surface area contributed by atoms with E-state index in [1.165, 1.54) is 18.9 Å². The van der Waals surface area contributed by atoms with Crippen molar-refractivity contribution in [2.75, 3.05) is 12.4 Å². The number of amides is 1. The molecule has 0 saturated heterocycles. The molecular formula is C27H18F4N4O3S. The second-order valence-corrected chi connectivity index (χ2v) is 9.01. The van der Waals surface area contributed by atoms with E-state index in [9.17, 15) is 27.2 Å². The number of rotatable bonds is 7. The van der Waals surface area contributed by atoms with E-state index in [4.69, 9.17) is 11.3 Å². The van der Waals surface area contributed by atoms with Gasteiger partial charge >= 0.3 is 6.18 Å². The molecule has 198 valence electrons. The van der Waals surface area contributed by atoms with Crippen LogP contribution in [0.25, 0.3) is 16.1 Å². The van der Waals surface area contributed by atoms with Crippen LogP contribution in [-0.2, 0) is 11.9 Å². The first-order valence-corrected chi connectivity index (χ1v) is 12.1. The molecule has 1 heterocycles. The van der Waals surface area contributed by atoms with Gasteiger partial charge in [0.2, 0.25) is 0 Å². The highest BCUT2D eigenvalue weighted by molar-refractivity contribution is 7.98. The van der Waals surface area contributed by atoms with Gasteiger partial charge in [0, 0.05) is 17.0 Å². The minimum absolute atomic E-state index is 0.142. The van der Waals surface area contributed by atoms with Gasteiger partial charge in [-0.05, 0) is 53.6 Å². The van der Waals surface area contributed by atoms with Crippen molar-refractivity contribution < 1.29 is 27.1 Å². The topological polar surface area (TPSA) is 88.4 Å². The number of nitrogens with zero attached hydrogens (tertiary/aromatic N) is 2. The van der Waals surface area contributed by atoms with Crippen LogP contribution in [0.1, 0.15) is 21.5 Å². The number of aromatic nitrogens is 2. The van der Waals surface area contributed by atoms with E-state index in [1.807, 2.05) is 0 Å². The van der Waals surface area contributed by atoms with Gasteiger partial charge in [-0.1, -0.05) is 36.0 Å². The molecule has 0 fully saturated rings. The van der Waals surface area contributed by atoms with Gasteiger partial charge in [0.25, 0.3) is 17.2 Å². The predicted octanol–water partition coefficient (Wildman–Crippen LogP) is 6.70. The van der Waals surface area contributed by atoms with Gasteiger partial charge < -0.3 is 15.0 Å². The molecule has 0 radical (unpaired) electrons. The summed E-state index contributed by atoms with van der Waals surface area (Å²) in [5.41, 5.74) is -0.691. The second-order valence-electron chi connectivity index (χ2n) is 8.04. The highest BCUT2D eigenvalue weighted by Crippen LogP contribution is 2.33. The molecule has 0 aliphatic heterocycles. The van der Waals surface area contributed by atoms with Gasteiger partial charge in [0.1, 0.15) is 11.6 Å². The van der Waals surface area contributed by atoms with Crippen LogP contribution >= 0.6 is 11.8 Å². The Kier molecular flexibility index (Phi) is 8.01. The van der Waals surface area contributed by atoms with Gasteiger partial charge in [-0.25, -0.2) is 14.2 Å². The molecule has 0 saturated carbocycles. The molecule has 7 nitrogen and oxygen atoms in total. The van der Waals surface area contributed by atoms with Crippen molar-refractivity contribution in [3.8, 4) is 17.0 Å². The molecule has 0 bridgehead atoms. The lowest BCUT2D eigenvalue weighted by atomic mass is 10.1. The molecule has 39 heavy (non-hydrogen) atoms. The van der Waals surface area contributed by atoms with Crippen molar-refractivity contribution in [3.05, 3.63) is 111 Å². The summed E-state index contributed by atoms with van der Waals surface area (Å²) in [6, 6.07) is 15.4.